The molecule has 3 unspecified atom stereocenters. The van der Waals surface area contributed by atoms with Crippen LogP contribution in [0.25, 0.3) is 0 Å². The number of morpholine rings is 1. The van der Waals surface area contributed by atoms with Gasteiger partial charge in [-0.1, -0.05) is 24.6 Å². The standard InChI is InChI=1S/C18H28N2O3.ClH/c21-9-11-23-18-7-2-1-4-14(18)12-20-16-6-3-5-15(16)17-13-22-10-8-19-17;/h1-2,4,7,15-17,19-21H,3,5-6,8-13H2;1H. The molecule has 3 atom stereocenters. The van der Waals surface area contributed by atoms with Gasteiger partial charge in [0.25, 0.3) is 0 Å². The molecule has 24 heavy (non-hydrogen) atoms. The summed E-state index contributed by atoms with van der Waals surface area (Å²) in [6.45, 7) is 3.81. The number of nitrogens with one attached hydrogen (secondary N) is 2. The first-order valence-electron chi connectivity index (χ1n) is 8.74. The lowest BCUT2D eigenvalue weighted by molar-refractivity contribution is 0.0524. The van der Waals surface area contributed by atoms with E-state index >= 15 is 0 Å². The molecule has 2 fully saturated rings. The zero-order valence-electron chi connectivity index (χ0n) is 14.1. The average molecular weight is 357 g/mol. The molecule has 1 saturated carbocycles. The Balaban J connectivity index is 0.00000208. The van der Waals surface area contributed by atoms with Crippen LogP contribution in [-0.4, -0.2) is 50.2 Å². The van der Waals surface area contributed by atoms with E-state index in [0.717, 1.165) is 37.6 Å². The molecule has 1 aromatic rings. The molecule has 2 aliphatic rings. The third-order valence-electron chi connectivity index (χ3n) is 4.91. The van der Waals surface area contributed by atoms with Crippen molar-refractivity contribution in [1.29, 1.82) is 0 Å². The van der Waals surface area contributed by atoms with Gasteiger partial charge in [0, 0.05) is 30.7 Å². The first-order chi connectivity index (χ1) is 11.4. The molecule has 0 radical (unpaired) electrons. The van der Waals surface area contributed by atoms with Crippen molar-refractivity contribution in [3.8, 4) is 5.75 Å². The fourth-order valence-electron chi connectivity index (χ4n) is 3.77. The van der Waals surface area contributed by atoms with Crippen molar-refractivity contribution in [2.24, 2.45) is 5.92 Å². The summed E-state index contributed by atoms with van der Waals surface area (Å²) in [5, 5.41) is 16.3. The lowest BCUT2D eigenvalue weighted by atomic mass is 9.94. The van der Waals surface area contributed by atoms with E-state index in [1.165, 1.54) is 19.3 Å². The van der Waals surface area contributed by atoms with Crippen molar-refractivity contribution in [2.45, 2.75) is 37.9 Å². The highest BCUT2D eigenvalue weighted by atomic mass is 35.5. The summed E-state index contributed by atoms with van der Waals surface area (Å²) in [7, 11) is 0. The molecule has 3 rings (SSSR count). The second kappa shape index (κ2) is 10.2. The summed E-state index contributed by atoms with van der Waals surface area (Å²) in [6.07, 6.45) is 3.77. The van der Waals surface area contributed by atoms with Crippen molar-refractivity contribution >= 4 is 12.4 Å². The Labute approximate surface area is 150 Å². The molecule has 0 aromatic heterocycles. The minimum Gasteiger partial charge on any atom is -0.491 e. The van der Waals surface area contributed by atoms with Crippen LogP contribution in [0.1, 0.15) is 24.8 Å². The first kappa shape index (κ1) is 19.5. The molecule has 0 amide bonds. The summed E-state index contributed by atoms with van der Waals surface area (Å²) >= 11 is 0. The minimum absolute atomic E-state index is 0. The van der Waals surface area contributed by atoms with Gasteiger partial charge in [-0.2, -0.15) is 0 Å². The van der Waals surface area contributed by atoms with Gasteiger partial charge < -0.3 is 25.2 Å². The zero-order valence-corrected chi connectivity index (χ0v) is 14.9. The number of hydrogen-bond donors (Lipinski definition) is 3. The van der Waals surface area contributed by atoms with Gasteiger partial charge in [0.2, 0.25) is 0 Å². The lowest BCUT2D eigenvalue weighted by Gasteiger charge is -2.33. The summed E-state index contributed by atoms with van der Waals surface area (Å²) < 4.78 is 11.3. The molecule has 0 spiro atoms. The molecule has 1 saturated heterocycles. The average Bonchev–Trinajstić information content (AvgIpc) is 3.08. The molecule has 1 aromatic carbocycles. The molecule has 5 nitrogen and oxygen atoms in total. The Morgan fingerprint density at radius 1 is 1.29 bits per heavy atom. The van der Waals surface area contributed by atoms with Crippen molar-refractivity contribution < 1.29 is 14.6 Å². The van der Waals surface area contributed by atoms with E-state index < -0.39 is 0 Å². The molecule has 1 aliphatic carbocycles. The Bertz CT molecular complexity index is 483. The molecular formula is C18H29ClN2O3. The van der Waals surface area contributed by atoms with Crippen LogP contribution in [0.2, 0.25) is 0 Å². The second-order valence-corrected chi connectivity index (χ2v) is 6.40. The number of aliphatic hydroxyl groups excluding tert-OH is 1. The monoisotopic (exact) mass is 356 g/mol. The van der Waals surface area contributed by atoms with E-state index in [2.05, 4.69) is 16.7 Å². The Morgan fingerprint density at radius 2 is 2.17 bits per heavy atom. The van der Waals surface area contributed by atoms with Gasteiger partial charge in [-0.3, -0.25) is 0 Å². The first-order valence-corrected chi connectivity index (χ1v) is 8.74. The highest BCUT2D eigenvalue weighted by Crippen LogP contribution is 2.30. The van der Waals surface area contributed by atoms with Gasteiger partial charge in [-0.15, -0.1) is 12.4 Å². The van der Waals surface area contributed by atoms with Gasteiger partial charge in [0.15, 0.2) is 0 Å². The van der Waals surface area contributed by atoms with Crippen LogP contribution < -0.4 is 15.4 Å². The quantitative estimate of drug-likeness (QED) is 0.694. The normalized spacial score (nSPS) is 26.8. The fourth-order valence-corrected chi connectivity index (χ4v) is 3.77. The van der Waals surface area contributed by atoms with Gasteiger partial charge in [-0.25, -0.2) is 0 Å². The predicted molar refractivity (Wildman–Crippen MR) is 96.8 cm³/mol. The van der Waals surface area contributed by atoms with Crippen LogP contribution in [0.4, 0.5) is 0 Å². The van der Waals surface area contributed by atoms with Crippen LogP contribution in [0.3, 0.4) is 0 Å². The fraction of sp³-hybridized carbons (Fsp3) is 0.667. The van der Waals surface area contributed by atoms with Gasteiger partial charge >= 0.3 is 0 Å². The van der Waals surface area contributed by atoms with Crippen LogP contribution in [0.15, 0.2) is 24.3 Å². The van der Waals surface area contributed by atoms with Gasteiger partial charge in [0.05, 0.1) is 19.8 Å². The number of aliphatic hydroxyl groups is 1. The van der Waals surface area contributed by atoms with Crippen molar-refractivity contribution in [2.75, 3.05) is 33.0 Å². The number of rotatable bonds is 7. The number of hydrogen-bond acceptors (Lipinski definition) is 5. The number of halogens is 1. The molecule has 0 bridgehead atoms. The summed E-state index contributed by atoms with van der Waals surface area (Å²) in [5.41, 5.74) is 1.15. The van der Waals surface area contributed by atoms with Crippen molar-refractivity contribution in [3.63, 3.8) is 0 Å². The molecule has 136 valence electrons. The van der Waals surface area contributed by atoms with E-state index in [4.69, 9.17) is 14.6 Å². The van der Waals surface area contributed by atoms with Crippen molar-refractivity contribution in [3.05, 3.63) is 29.8 Å². The third kappa shape index (κ3) is 5.07. The topological polar surface area (TPSA) is 62.8 Å². The van der Waals surface area contributed by atoms with Crippen LogP contribution in [0, 0.1) is 5.92 Å². The molecule has 3 N–H and O–H groups in total. The van der Waals surface area contributed by atoms with Crippen molar-refractivity contribution in [1.82, 2.24) is 10.6 Å². The van der Waals surface area contributed by atoms with E-state index in [-0.39, 0.29) is 19.0 Å². The maximum Gasteiger partial charge on any atom is 0.123 e. The maximum absolute atomic E-state index is 8.94. The minimum atomic E-state index is 0. The predicted octanol–water partition coefficient (Wildman–Crippen LogP) is 1.73. The number of para-hydroxylation sites is 1. The lowest BCUT2D eigenvalue weighted by Crippen LogP contribution is -2.50. The van der Waals surface area contributed by atoms with Gasteiger partial charge in [0.1, 0.15) is 12.4 Å². The molecular weight excluding hydrogens is 328 g/mol. The Kier molecular flexibility index (Phi) is 8.29. The number of ether oxygens (including phenoxy) is 2. The Hall–Kier alpha value is -0.850. The SMILES string of the molecule is Cl.OCCOc1ccccc1CNC1CCCC1C1COCCN1. The summed E-state index contributed by atoms with van der Waals surface area (Å²) in [5.74, 6) is 1.50. The zero-order chi connectivity index (χ0) is 15.9. The summed E-state index contributed by atoms with van der Waals surface area (Å²) in [4.78, 5) is 0. The maximum atomic E-state index is 8.94. The van der Waals surface area contributed by atoms with Crippen LogP contribution in [-0.2, 0) is 11.3 Å². The van der Waals surface area contributed by atoms with E-state index in [1.54, 1.807) is 0 Å². The molecule has 1 heterocycles. The smallest absolute Gasteiger partial charge is 0.123 e. The highest BCUT2D eigenvalue weighted by Gasteiger charge is 2.34. The Morgan fingerprint density at radius 3 is 2.96 bits per heavy atom. The molecule has 6 heteroatoms. The van der Waals surface area contributed by atoms with E-state index in [9.17, 15) is 0 Å². The van der Waals surface area contributed by atoms with Crippen LogP contribution >= 0.6 is 12.4 Å². The van der Waals surface area contributed by atoms with E-state index in [1.807, 2.05) is 18.2 Å². The third-order valence-corrected chi connectivity index (χ3v) is 4.91. The highest BCUT2D eigenvalue weighted by molar-refractivity contribution is 5.85. The largest absolute Gasteiger partial charge is 0.491 e. The second-order valence-electron chi connectivity index (χ2n) is 6.40. The van der Waals surface area contributed by atoms with Gasteiger partial charge in [-0.05, 0) is 24.8 Å². The van der Waals surface area contributed by atoms with E-state index in [0.29, 0.717) is 24.6 Å². The summed E-state index contributed by atoms with van der Waals surface area (Å²) in [6, 6.07) is 9.06. The van der Waals surface area contributed by atoms with Crippen LogP contribution in [0.5, 0.6) is 5.75 Å². The number of benzene rings is 1. The molecule has 1 aliphatic heterocycles.